The van der Waals surface area contributed by atoms with Gasteiger partial charge >= 0.3 is 0 Å². The Morgan fingerprint density at radius 2 is 2.17 bits per heavy atom. The minimum absolute atomic E-state index is 0.114. The number of hydrogen-bond acceptors (Lipinski definition) is 2. The molecule has 5 nitrogen and oxygen atoms in total. The van der Waals surface area contributed by atoms with E-state index < -0.39 is 0 Å². The Kier molecular flexibility index (Phi) is 3.88. The van der Waals surface area contributed by atoms with Crippen LogP contribution in [0.25, 0.3) is 0 Å². The minimum atomic E-state index is -0.376. The van der Waals surface area contributed by atoms with Crippen molar-refractivity contribution in [3.8, 4) is 0 Å². The highest BCUT2D eigenvalue weighted by Gasteiger charge is 2.27. The summed E-state index contributed by atoms with van der Waals surface area (Å²) < 4.78 is 12.7. The average molecular weight is 252 g/mol. The van der Waals surface area contributed by atoms with Crippen LogP contribution in [0.15, 0.2) is 24.3 Å². The molecule has 96 valence electrons. The maximum Gasteiger partial charge on any atom is 0.278 e. The summed E-state index contributed by atoms with van der Waals surface area (Å²) in [5.41, 5.74) is 0.526. The Hall–Kier alpha value is -1.95. The molecule has 1 heterocycles. The molecule has 6 heteroatoms. The number of hydrogen-bond donors (Lipinski definition) is 3. The molecular weight excluding hydrogens is 237 g/mol. The van der Waals surface area contributed by atoms with Crippen LogP contribution in [0.1, 0.15) is 6.42 Å². The van der Waals surface area contributed by atoms with Crippen LogP contribution in [0.3, 0.4) is 0 Å². The van der Waals surface area contributed by atoms with E-state index in [1.807, 2.05) is 5.32 Å². The number of benzene rings is 1. The third-order valence-corrected chi connectivity index (χ3v) is 2.76. The SMILES string of the molecule is O=C(C[C@H]1[NH2+]CCNC1=O)Nc1ccc(F)cc1. The molecule has 1 fully saturated rings. The van der Waals surface area contributed by atoms with E-state index in [4.69, 9.17) is 0 Å². The van der Waals surface area contributed by atoms with Crippen LogP contribution in [-0.2, 0) is 9.59 Å². The third-order valence-electron chi connectivity index (χ3n) is 2.76. The largest absolute Gasteiger partial charge is 0.345 e. The number of anilines is 1. The first-order chi connectivity index (χ1) is 8.65. The molecule has 1 atom stereocenters. The van der Waals surface area contributed by atoms with Gasteiger partial charge < -0.3 is 16.0 Å². The molecule has 0 bridgehead atoms. The summed E-state index contributed by atoms with van der Waals surface area (Å²) in [6.45, 7) is 1.41. The maximum atomic E-state index is 12.7. The van der Waals surface area contributed by atoms with Gasteiger partial charge in [-0.05, 0) is 24.3 Å². The van der Waals surface area contributed by atoms with Gasteiger partial charge in [-0.25, -0.2) is 4.39 Å². The second-order valence-corrected chi connectivity index (χ2v) is 4.18. The third kappa shape index (κ3) is 3.27. The van der Waals surface area contributed by atoms with Crippen molar-refractivity contribution >= 4 is 17.5 Å². The predicted octanol–water partition coefficient (Wildman–Crippen LogP) is -0.784. The lowest BCUT2D eigenvalue weighted by Gasteiger charge is -2.19. The van der Waals surface area contributed by atoms with E-state index >= 15 is 0 Å². The molecule has 0 spiro atoms. The second-order valence-electron chi connectivity index (χ2n) is 4.18. The number of rotatable bonds is 3. The molecule has 1 aliphatic heterocycles. The standard InChI is InChI=1S/C12H14FN3O2/c13-8-1-3-9(4-2-8)16-11(17)7-10-12(18)15-6-5-14-10/h1-4,10,14H,5-7H2,(H,15,18)(H,16,17)/p+1/t10-/m1/s1. The quantitative estimate of drug-likeness (QED) is 0.660. The molecule has 4 N–H and O–H groups in total. The summed E-state index contributed by atoms with van der Waals surface area (Å²) in [4.78, 5) is 23.2. The molecule has 0 saturated carbocycles. The zero-order valence-electron chi connectivity index (χ0n) is 9.78. The van der Waals surface area contributed by atoms with Gasteiger partial charge in [-0.15, -0.1) is 0 Å². The van der Waals surface area contributed by atoms with Crippen molar-refractivity contribution in [2.45, 2.75) is 12.5 Å². The molecular formula is C12H15FN3O2+. The number of carbonyl (C=O) groups is 2. The highest BCUT2D eigenvalue weighted by Crippen LogP contribution is 2.08. The van der Waals surface area contributed by atoms with Crippen molar-refractivity contribution in [1.82, 2.24) is 5.32 Å². The number of amides is 2. The Morgan fingerprint density at radius 1 is 1.44 bits per heavy atom. The predicted molar refractivity (Wildman–Crippen MR) is 63.2 cm³/mol. The fourth-order valence-corrected chi connectivity index (χ4v) is 1.84. The summed E-state index contributed by atoms with van der Waals surface area (Å²) in [7, 11) is 0. The van der Waals surface area contributed by atoms with Gasteiger partial charge in [0.15, 0.2) is 6.04 Å². The molecule has 1 aromatic carbocycles. The summed E-state index contributed by atoms with van der Waals surface area (Å²) >= 11 is 0. The molecule has 1 saturated heterocycles. The Bertz CT molecular complexity index is 447. The second kappa shape index (κ2) is 5.59. The molecule has 18 heavy (non-hydrogen) atoms. The van der Waals surface area contributed by atoms with Crippen molar-refractivity contribution in [1.29, 1.82) is 0 Å². The van der Waals surface area contributed by atoms with Crippen LogP contribution in [-0.4, -0.2) is 30.9 Å². The lowest BCUT2D eigenvalue weighted by molar-refractivity contribution is -0.678. The van der Waals surface area contributed by atoms with Gasteiger partial charge in [-0.1, -0.05) is 0 Å². The van der Waals surface area contributed by atoms with E-state index in [1.165, 1.54) is 24.3 Å². The maximum absolute atomic E-state index is 12.7. The fourth-order valence-electron chi connectivity index (χ4n) is 1.84. The average Bonchev–Trinajstić information content (AvgIpc) is 2.35. The lowest BCUT2D eigenvalue weighted by atomic mass is 10.1. The summed E-state index contributed by atoms with van der Waals surface area (Å²) in [6, 6.07) is 5.14. The Labute approximate surface area is 104 Å². The van der Waals surface area contributed by atoms with E-state index in [0.29, 0.717) is 12.2 Å². The molecule has 1 aliphatic rings. The van der Waals surface area contributed by atoms with Crippen LogP contribution in [0.5, 0.6) is 0 Å². The van der Waals surface area contributed by atoms with Crippen LogP contribution >= 0.6 is 0 Å². The summed E-state index contributed by atoms with van der Waals surface area (Å²) in [6.07, 6.45) is 0.114. The summed E-state index contributed by atoms with van der Waals surface area (Å²) in [5.74, 6) is -0.719. The molecule has 0 aliphatic carbocycles. The van der Waals surface area contributed by atoms with Crippen LogP contribution in [0.2, 0.25) is 0 Å². The monoisotopic (exact) mass is 252 g/mol. The molecule has 1 aromatic rings. The van der Waals surface area contributed by atoms with E-state index in [1.54, 1.807) is 0 Å². The van der Waals surface area contributed by atoms with Gasteiger partial charge in [0, 0.05) is 5.69 Å². The van der Waals surface area contributed by atoms with Crippen LogP contribution < -0.4 is 16.0 Å². The number of piperazine rings is 1. The highest BCUT2D eigenvalue weighted by atomic mass is 19.1. The van der Waals surface area contributed by atoms with Crippen molar-refractivity contribution in [3.63, 3.8) is 0 Å². The molecule has 0 aromatic heterocycles. The highest BCUT2D eigenvalue weighted by molar-refractivity contribution is 5.94. The van der Waals surface area contributed by atoms with Gasteiger partial charge in [0.25, 0.3) is 5.91 Å². The normalized spacial score (nSPS) is 19.2. The van der Waals surface area contributed by atoms with Crippen molar-refractivity contribution in [2.75, 3.05) is 18.4 Å². The first kappa shape index (κ1) is 12.5. The molecule has 0 radical (unpaired) electrons. The Morgan fingerprint density at radius 3 is 2.83 bits per heavy atom. The van der Waals surface area contributed by atoms with Gasteiger partial charge in [0.1, 0.15) is 5.82 Å². The molecule has 2 rings (SSSR count). The number of nitrogens with one attached hydrogen (secondary N) is 2. The molecule has 0 unspecified atom stereocenters. The number of halogens is 1. The zero-order valence-corrected chi connectivity index (χ0v) is 9.78. The smallest absolute Gasteiger partial charge is 0.278 e. The van der Waals surface area contributed by atoms with Crippen molar-refractivity contribution < 1.29 is 19.3 Å². The first-order valence-corrected chi connectivity index (χ1v) is 5.81. The van der Waals surface area contributed by atoms with Crippen LogP contribution in [0.4, 0.5) is 10.1 Å². The van der Waals surface area contributed by atoms with Gasteiger partial charge in [-0.3, -0.25) is 9.59 Å². The Balaban J connectivity index is 1.88. The summed E-state index contributed by atoms with van der Waals surface area (Å²) in [5, 5.41) is 7.19. The topological polar surface area (TPSA) is 74.8 Å². The number of nitrogens with two attached hydrogens (primary N) is 1. The lowest BCUT2D eigenvalue weighted by Crippen LogP contribution is -2.96. The fraction of sp³-hybridized carbons (Fsp3) is 0.333. The van der Waals surface area contributed by atoms with Crippen molar-refractivity contribution in [3.05, 3.63) is 30.1 Å². The zero-order chi connectivity index (χ0) is 13.0. The minimum Gasteiger partial charge on any atom is -0.345 e. The van der Waals surface area contributed by atoms with E-state index in [9.17, 15) is 14.0 Å². The van der Waals surface area contributed by atoms with Gasteiger partial charge in [0.05, 0.1) is 19.5 Å². The van der Waals surface area contributed by atoms with Gasteiger partial charge in [-0.2, -0.15) is 0 Å². The number of quaternary nitrogens is 1. The van der Waals surface area contributed by atoms with Gasteiger partial charge in [0.2, 0.25) is 5.91 Å². The molecule has 2 amide bonds. The van der Waals surface area contributed by atoms with Crippen LogP contribution in [0, 0.1) is 5.82 Å². The van der Waals surface area contributed by atoms with E-state index in [-0.39, 0.29) is 30.1 Å². The van der Waals surface area contributed by atoms with E-state index in [0.717, 1.165) is 6.54 Å². The van der Waals surface area contributed by atoms with E-state index in [2.05, 4.69) is 10.6 Å². The first-order valence-electron chi connectivity index (χ1n) is 5.81. The number of carbonyl (C=O) groups excluding carboxylic acids is 2. The van der Waals surface area contributed by atoms with Crippen molar-refractivity contribution in [2.24, 2.45) is 0 Å².